The van der Waals surface area contributed by atoms with Gasteiger partial charge in [-0.1, -0.05) is 17.3 Å². The first-order valence-corrected chi connectivity index (χ1v) is 7.45. The molecule has 0 saturated heterocycles. The van der Waals surface area contributed by atoms with Crippen molar-refractivity contribution in [2.45, 2.75) is 45.1 Å². The number of anilines is 1. The highest BCUT2D eigenvalue weighted by molar-refractivity contribution is 7.05. The lowest BCUT2D eigenvalue weighted by Gasteiger charge is -2.10. The van der Waals surface area contributed by atoms with E-state index >= 15 is 0 Å². The van der Waals surface area contributed by atoms with E-state index in [9.17, 15) is 0 Å². The Kier molecular flexibility index (Phi) is 3.68. The summed E-state index contributed by atoms with van der Waals surface area (Å²) in [6.45, 7) is 2.66. The fourth-order valence-electron chi connectivity index (χ4n) is 2.48. The Bertz CT molecular complexity index is 547. The van der Waals surface area contributed by atoms with E-state index in [1.54, 1.807) is 0 Å². The van der Waals surface area contributed by atoms with Crippen LogP contribution >= 0.6 is 11.5 Å². The molecule has 0 spiro atoms. The lowest BCUT2D eigenvalue weighted by molar-refractivity contribution is 0.694. The molecule has 0 aromatic carbocycles. The molecule has 0 bridgehead atoms. The average Bonchev–Trinajstić information content (AvgIpc) is 3.08. The molecule has 0 amide bonds. The highest BCUT2D eigenvalue weighted by Crippen LogP contribution is 2.32. The Morgan fingerprint density at radius 3 is 2.95 bits per heavy atom. The molecule has 0 unspecified atom stereocenters. The summed E-state index contributed by atoms with van der Waals surface area (Å²) in [6, 6.07) is 2.04. The molecule has 6 heteroatoms. The Labute approximate surface area is 116 Å². The topological polar surface area (TPSA) is 63.6 Å². The normalized spacial score (nSPS) is 15.8. The molecule has 1 N–H and O–H groups in total. The van der Waals surface area contributed by atoms with Gasteiger partial charge in [-0.15, -0.1) is 5.10 Å². The van der Waals surface area contributed by atoms with E-state index in [0.29, 0.717) is 18.4 Å². The third-order valence-electron chi connectivity index (χ3n) is 3.60. The molecule has 5 nitrogen and oxygen atoms in total. The molecule has 2 aromatic heterocycles. The van der Waals surface area contributed by atoms with Crippen LogP contribution in [-0.2, 0) is 6.54 Å². The summed E-state index contributed by atoms with van der Waals surface area (Å²) < 4.78 is 3.93. The first-order chi connectivity index (χ1) is 9.33. The monoisotopic (exact) mass is 275 g/mol. The highest BCUT2D eigenvalue weighted by Gasteiger charge is 2.18. The molecule has 1 aliphatic carbocycles. The minimum atomic E-state index is 0.621. The molecule has 2 aromatic rings. The second-order valence-electron chi connectivity index (χ2n) is 4.92. The fraction of sp³-hybridized carbons (Fsp3) is 0.538. The van der Waals surface area contributed by atoms with E-state index in [1.165, 1.54) is 42.9 Å². The SMILES string of the molecule is Cc1nnsc1CNc1nccc(C2CCCC2)n1. The van der Waals surface area contributed by atoms with Crippen molar-refractivity contribution in [1.82, 2.24) is 19.6 Å². The number of hydrogen-bond donors (Lipinski definition) is 1. The van der Waals surface area contributed by atoms with E-state index < -0.39 is 0 Å². The second-order valence-corrected chi connectivity index (χ2v) is 5.76. The van der Waals surface area contributed by atoms with Crippen LogP contribution in [0.25, 0.3) is 0 Å². The van der Waals surface area contributed by atoms with Gasteiger partial charge in [-0.05, 0) is 37.4 Å². The summed E-state index contributed by atoms with van der Waals surface area (Å²) >= 11 is 1.42. The lowest BCUT2D eigenvalue weighted by Crippen LogP contribution is -2.06. The van der Waals surface area contributed by atoms with Gasteiger partial charge in [0.1, 0.15) is 0 Å². The molecule has 1 aliphatic rings. The van der Waals surface area contributed by atoms with Crippen LogP contribution < -0.4 is 5.32 Å². The van der Waals surface area contributed by atoms with Gasteiger partial charge in [-0.2, -0.15) is 0 Å². The Morgan fingerprint density at radius 1 is 1.37 bits per heavy atom. The third-order valence-corrected chi connectivity index (χ3v) is 4.43. The average molecular weight is 275 g/mol. The Morgan fingerprint density at radius 2 is 2.21 bits per heavy atom. The van der Waals surface area contributed by atoms with Gasteiger partial charge in [-0.25, -0.2) is 9.97 Å². The van der Waals surface area contributed by atoms with Crippen molar-refractivity contribution in [3.63, 3.8) is 0 Å². The van der Waals surface area contributed by atoms with E-state index in [4.69, 9.17) is 0 Å². The van der Waals surface area contributed by atoms with Crippen LogP contribution in [0.15, 0.2) is 12.3 Å². The van der Waals surface area contributed by atoms with Crippen molar-refractivity contribution in [2.24, 2.45) is 0 Å². The number of aryl methyl sites for hydroxylation is 1. The molecule has 0 atom stereocenters. The van der Waals surface area contributed by atoms with Crippen LogP contribution in [0, 0.1) is 6.92 Å². The highest BCUT2D eigenvalue weighted by atomic mass is 32.1. The first kappa shape index (κ1) is 12.5. The molecule has 0 radical (unpaired) electrons. The number of hydrogen-bond acceptors (Lipinski definition) is 6. The zero-order valence-electron chi connectivity index (χ0n) is 11.0. The molecule has 100 valence electrons. The molecule has 19 heavy (non-hydrogen) atoms. The summed E-state index contributed by atoms with van der Waals surface area (Å²) in [5.74, 6) is 1.33. The van der Waals surface area contributed by atoms with E-state index in [1.807, 2.05) is 19.2 Å². The molecule has 2 heterocycles. The summed E-state index contributed by atoms with van der Waals surface area (Å²) in [5.41, 5.74) is 2.15. The fourth-order valence-corrected chi connectivity index (χ4v) is 3.05. The minimum absolute atomic E-state index is 0.621. The van der Waals surface area contributed by atoms with E-state index in [0.717, 1.165) is 10.6 Å². The quantitative estimate of drug-likeness (QED) is 0.929. The Balaban J connectivity index is 1.67. The van der Waals surface area contributed by atoms with Crippen LogP contribution in [0.4, 0.5) is 5.95 Å². The maximum atomic E-state index is 4.63. The van der Waals surface area contributed by atoms with Gasteiger partial charge in [0, 0.05) is 17.8 Å². The minimum Gasteiger partial charge on any atom is -0.349 e. The number of rotatable bonds is 4. The van der Waals surface area contributed by atoms with Crippen LogP contribution in [0.1, 0.15) is 47.9 Å². The zero-order valence-corrected chi connectivity index (χ0v) is 11.8. The number of aromatic nitrogens is 4. The van der Waals surface area contributed by atoms with Crippen molar-refractivity contribution in [1.29, 1.82) is 0 Å². The van der Waals surface area contributed by atoms with Gasteiger partial charge in [0.25, 0.3) is 0 Å². The summed E-state index contributed by atoms with van der Waals surface area (Å²) in [6.07, 6.45) is 7.01. The molecule has 0 aliphatic heterocycles. The standard InChI is InChI=1S/C13H17N5S/c1-9-12(19-18-17-9)8-15-13-14-7-6-11(16-13)10-4-2-3-5-10/h6-7,10H,2-5,8H2,1H3,(H,14,15,16). The van der Waals surface area contributed by atoms with Crippen molar-refractivity contribution in [2.75, 3.05) is 5.32 Å². The lowest BCUT2D eigenvalue weighted by atomic mass is 10.0. The smallest absolute Gasteiger partial charge is 0.223 e. The second kappa shape index (κ2) is 5.61. The van der Waals surface area contributed by atoms with E-state index in [-0.39, 0.29) is 0 Å². The molecule has 1 saturated carbocycles. The largest absolute Gasteiger partial charge is 0.349 e. The predicted octanol–water partition coefficient (Wildman–Crippen LogP) is 2.91. The van der Waals surface area contributed by atoms with Crippen LogP contribution in [0.5, 0.6) is 0 Å². The molecular formula is C13H17N5S. The van der Waals surface area contributed by atoms with Crippen molar-refractivity contribution >= 4 is 17.5 Å². The number of nitrogens with zero attached hydrogens (tertiary/aromatic N) is 4. The maximum Gasteiger partial charge on any atom is 0.223 e. The van der Waals surface area contributed by atoms with E-state index in [2.05, 4.69) is 24.9 Å². The molecule has 1 fully saturated rings. The zero-order chi connectivity index (χ0) is 13.1. The summed E-state index contributed by atoms with van der Waals surface area (Å²) in [4.78, 5) is 10.0. The van der Waals surface area contributed by atoms with Gasteiger partial charge in [0.2, 0.25) is 5.95 Å². The summed E-state index contributed by atoms with van der Waals surface area (Å²) in [5, 5.41) is 7.26. The van der Waals surface area contributed by atoms with Gasteiger partial charge in [0.05, 0.1) is 17.1 Å². The van der Waals surface area contributed by atoms with Crippen molar-refractivity contribution in [3.05, 3.63) is 28.5 Å². The van der Waals surface area contributed by atoms with Gasteiger partial charge in [-0.3, -0.25) is 0 Å². The van der Waals surface area contributed by atoms with Gasteiger partial charge in [0.15, 0.2) is 0 Å². The third kappa shape index (κ3) is 2.89. The predicted molar refractivity (Wildman–Crippen MR) is 75.2 cm³/mol. The van der Waals surface area contributed by atoms with Crippen LogP contribution in [0.3, 0.4) is 0 Å². The van der Waals surface area contributed by atoms with Gasteiger partial charge < -0.3 is 5.32 Å². The van der Waals surface area contributed by atoms with Crippen molar-refractivity contribution < 1.29 is 0 Å². The maximum absolute atomic E-state index is 4.63. The van der Waals surface area contributed by atoms with Crippen molar-refractivity contribution in [3.8, 4) is 0 Å². The Hall–Kier alpha value is -1.56. The molecule has 3 rings (SSSR count). The van der Waals surface area contributed by atoms with Crippen LogP contribution in [0.2, 0.25) is 0 Å². The van der Waals surface area contributed by atoms with Crippen LogP contribution in [-0.4, -0.2) is 19.6 Å². The number of nitrogens with one attached hydrogen (secondary N) is 1. The first-order valence-electron chi connectivity index (χ1n) is 6.67. The summed E-state index contributed by atoms with van der Waals surface area (Å²) in [7, 11) is 0. The van der Waals surface area contributed by atoms with Gasteiger partial charge >= 0.3 is 0 Å². The molecular weight excluding hydrogens is 258 g/mol.